The Kier molecular flexibility index (Phi) is 7.46. The maximum atomic E-state index is 12.7. The number of esters is 1. The first-order chi connectivity index (χ1) is 14.3. The van der Waals surface area contributed by atoms with Gasteiger partial charge in [-0.15, -0.1) is 0 Å². The highest BCUT2D eigenvalue weighted by atomic mass is 79.9. The van der Waals surface area contributed by atoms with Crippen LogP contribution in [-0.2, 0) is 14.3 Å². The second-order valence-corrected chi connectivity index (χ2v) is 8.59. The highest BCUT2D eigenvalue weighted by molar-refractivity contribution is 9.10. The number of hydrogen-bond donors (Lipinski definition) is 0. The van der Waals surface area contributed by atoms with Crippen LogP contribution in [0.5, 0.6) is 5.75 Å². The van der Waals surface area contributed by atoms with Gasteiger partial charge in [-0.2, -0.15) is 0 Å². The Hall–Kier alpha value is -2.00. The number of hydrogen-bond acceptors (Lipinski definition) is 6. The monoisotopic (exact) mass is 529 g/mol. The summed E-state index contributed by atoms with van der Waals surface area (Å²) in [6.07, 6.45) is 1.56. The molecule has 0 aromatic heterocycles. The summed E-state index contributed by atoms with van der Waals surface area (Å²) in [6, 6.07) is 9.66. The molecule has 1 fully saturated rings. The molecule has 0 radical (unpaired) electrons. The number of ether oxygens (including phenoxy) is 2. The standard InChI is InChI=1S/C20H14BrCl2NO5S/c1-2-28-17(25)10-29-18-14(21)7-11(8-15(18)23)9-16-19(26)24(20(27)30-16)13-5-3-12(22)4-6-13/h3-9H,2,10H2,1H3/b16-9+. The maximum absolute atomic E-state index is 12.7. The summed E-state index contributed by atoms with van der Waals surface area (Å²) in [5, 5.41) is 0.330. The van der Waals surface area contributed by atoms with Crippen molar-refractivity contribution in [2.24, 2.45) is 0 Å². The lowest BCUT2D eigenvalue weighted by Crippen LogP contribution is -2.27. The van der Waals surface area contributed by atoms with Gasteiger partial charge in [0.25, 0.3) is 11.1 Å². The summed E-state index contributed by atoms with van der Waals surface area (Å²) >= 11 is 16.3. The molecule has 10 heteroatoms. The molecular formula is C20H14BrCl2NO5S. The fourth-order valence-electron chi connectivity index (χ4n) is 2.57. The molecule has 1 aliphatic rings. The highest BCUT2D eigenvalue weighted by Crippen LogP contribution is 2.39. The number of anilines is 1. The first-order valence-electron chi connectivity index (χ1n) is 8.61. The highest BCUT2D eigenvalue weighted by Gasteiger charge is 2.36. The predicted molar refractivity (Wildman–Crippen MR) is 121 cm³/mol. The third kappa shape index (κ3) is 5.18. The van der Waals surface area contributed by atoms with Crippen molar-refractivity contribution >= 4 is 79.8 Å². The van der Waals surface area contributed by atoms with Crippen molar-refractivity contribution < 1.29 is 23.9 Å². The molecule has 6 nitrogen and oxygen atoms in total. The third-order valence-electron chi connectivity index (χ3n) is 3.84. The van der Waals surface area contributed by atoms with Gasteiger partial charge < -0.3 is 9.47 Å². The maximum Gasteiger partial charge on any atom is 0.344 e. The van der Waals surface area contributed by atoms with E-state index < -0.39 is 17.1 Å². The van der Waals surface area contributed by atoms with Gasteiger partial charge in [0.05, 0.1) is 26.7 Å². The lowest BCUT2D eigenvalue weighted by molar-refractivity contribution is -0.145. The minimum atomic E-state index is -0.514. The van der Waals surface area contributed by atoms with E-state index in [4.69, 9.17) is 32.7 Å². The van der Waals surface area contributed by atoms with Crippen LogP contribution in [0, 0.1) is 0 Å². The molecule has 30 heavy (non-hydrogen) atoms. The number of carbonyl (C=O) groups excluding carboxylic acids is 3. The quantitative estimate of drug-likeness (QED) is 0.340. The van der Waals surface area contributed by atoms with Gasteiger partial charge in [0.1, 0.15) is 0 Å². The number of carbonyl (C=O) groups is 3. The second-order valence-electron chi connectivity index (χ2n) is 5.90. The van der Waals surface area contributed by atoms with Gasteiger partial charge in [0.2, 0.25) is 0 Å². The van der Waals surface area contributed by atoms with Crippen LogP contribution in [0.15, 0.2) is 45.8 Å². The number of thioether (sulfide) groups is 1. The van der Waals surface area contributed by atoms with Crippen LogP contribution >= 0.6 is 50.9 Å². The molecule has 1 saturated heterocycles. The largest absolute Gasteiger partial charge is 0.479 e. The molecule has 3 rings (SSSR count). The Morgan fingerprint density at radius 2 is 1.90 bits per heavy atom. The molecule has 2 aromatic carbocycles. The molecule has 2 amide bonds. The number of halogens is 3. The van der Waals surface area contributed by atoms with Crippen LogP contribution in [0.3, 0.4) is 0 Å². The number of amides is 2. The molecule has 0 atom stereocenters. The Morgan fingerprint density at radius 1 is 1.20 bits per heavy atom. The first-order valence-corrected chi connectivity index (χ1v) is 11.0. The molecule has 1 heterocycles. The van der Waals surface area contributed by atoms with Gasteiger partial charge in [0, 0.05) is 5.02 Å². The third-order valence-corrected chi connectivity index (χ3v) is 5.83. The van der Waals surface area contributed by atoms with Gasteiger partial charge in [0.15, 0.2) is 12.4 Å². The molecule has 0 unspecified atom stereocenters. The Bertz CT molecular complexity index is 1020. The number of imide groups is 1. The van der Waals surface area contributed by atoms with E-state index in [-0.39, 0.29) is 28.9 Å². The van der Waals surface area contributed by atoms with E-state index >= 15 is 0 Å². The van der Waals surface area contributed by atoms with Crippen LogP contribution in [0.2, 0.25) is 10.0 Å². The summed E-state index contributed by atoms with van der Waals surface area (Å²) in [5.41, 5.74) is 1.02. The second kappa shape index (κ2) is 9.87. The summed E-state index contributed by atoms with van der Waals surface area (Å²) in [4.78, 5) is 37.9. The summed E-state index contributed by atoms with van der Waals surface area (Å²) in [7, 11) is 0. The van der Waals surface area contributed by atoms with Crippen molar-refractivity contribution in [3.63, 3.8) is 0 Å². The minimum Gasteiger partial charge on any atom is -0.479 e. The van der Waals surface area contributed by atoms with E-state index in [0.29, 0.717) is 20.7 Å². The zero-order valence-corrected chi connectivity index (χ0v) is 19.4. The van der Waals surface area contributed by atoms with E-state index in [1.54, 1.807) is 49.4 Å². The topological polar surface area (TPSA) is 72.9 Å². The van der Waals surface area contributed by atoms with Crippen LogP contribution < -0.4 is 9.64 Å². The van der Waals surface area contributed by atoms with Crippen LogP contribution in [0.25, 0.3) is 6.08 Å². The normalized spacial score (nSPS) is 15.1. The van der Waals surface area contributed by atoms with Gasteiger partial charge in [-0.3, -0.25) is 9.59 Å². The molecule has 0 spiro atoms. The van der Waals surface area contributed by atoms with Crippen molar-refractivity contribution in [3.8, 4) is 5.75 Å². The zero-order chi connectivity index (χ0) is 21.8. The SMILES string of the molecule is CCOC(=O)COc1c(Cl)cc(/C=C2/SC(=O)N(c3ccc(Cl)cc3)C2=O)cc1Br. The summed E-state index contributed by atoms with van der Waals surface area (Å²) < 4.78 is 10.7. The first kappa shape index (κ1) is 22.7. The van der Waals surface area contributed by atoms with Crippen LogP contribution in [0.1, 0.15) is 12.5 Å². The lowest BCUT2D eigenvalue weighted by Gasteiger charge is -2.12. The predicted octanol–water partition coefficient (Wildman–Crippen LogP) is 5.94. The van der Waals surface area contributed by atoms with Crippen LogP contribution in [-0.4, -0.2) is 30.3 Å². The van der Waals surface area contributed by atoms with E-state index in [0.717, 1.165) is 16.7 Å². The van der Waals surface area contributed by atoms with Gasteiger partial charge in [-0.1, -0.05) is 23.2 Å². The van der Waals surface area contributed by atoms with Crippen molar-refractivity contribution in [1.29, 1.82) is 0 Å². The average Bonchev–Trinajstić information content (AvgIpc) is 2.95. The number of nitrogens with zero attached hydrogens (tertiary/aromatic N) is 1. The van der Waals surface area contributed by atoms with Gasteiger partial charge in [-0.05, 0) is 82.7 Å². The van der Waals surface area contributed by atoms with Crippen molar-refractivity contribution in [2.45, 2.75) is 6.92 Å². The minimum absolute atomic E-state index is 0.233. The zero-order valence-electron chi connectivity index (χ0n) is 15.5. The summed E-state index contributed by atoms with van der Waals surface area (Å²) in [5.74, 6) is -0.682. The van der Waals surface area contributed by atoms with Crippen molar-refractivity contribution in [2.75, 3.05) is 18.1 Å². The Balaban J connectivity index is 1.81. The summed E-state index contributed by atoms with van der Waals surface area (Å²) in [6.45, 7) is 1.66. The lowest BCUT2D eigenvalue weighted by atomic mass is 10.2. The average molecular weight is 531 g/mol. The van der Waals surface area contributed by atoms with E-state index in [9.17, 15) is 14.4 Å². The fourth-order valence-corrected chi connectivity index (χ4v) is 4.52. The molecule has 2 aromatic rings. The van der Waals surface area contributed by atoms with Crippen molar-refractivity contribution in [3.05, 3.63) is 61.4 Å². The van der Waals surface area contributed by atoms with Gasteiger partial charge >= 0.3 is 5.97 Å². The Labute approximate surface area is 195 Å². The van der Waals surface area contributed by atoms with Gasteiger partial charge in [-0.25, -0.2) is 9.69 Å². The molecule has 0 N–H and O–H groups in total. The fraction of sp³-hybridized carbons (Fsp3) is 0.150. The van der Waals surface area contributed by atoms with E-state index in [1.807, 2.05) is 0 Å². The molecule has 1 aliphatic heterocycles. The molecule has 0 aliphatic carbocycles. The molecule has 0 saturated carbocycles. The molecule has 0 bridgehead atoms. The number of benzene rings is 2. The smallest absolute Gasteiger partial charge is 0.344 e. The molecule has 156 valence electrons. The van der Waals surface area contributed by atoms with Crippen molar-refractivity contribution in [1.82, 2.24) is 0 Å². The number of rotatable bonds is 6. The Morgan fingerprint density at radius 3 is 2.53 bits per heavy atom. The molecular weight excluding hydrogens is 517 g/mol. The van der Waals surface area contributed by atoms with Crippen LogP contribution in [0.4, 0.5) is 10.5 Å². The van der Waals surface area contributed by atoms with E-state index in [2.05, 4.69) is 15.9 Å². The van der Waals surface area contributed by atoms with E-state index in [1.165, 1.54) is 0 Å².